The molecular formula is C33H38N2O8. The predicted molar refractivity (Wildman–Crippen MR) is 153 cm³/mol. The first kappa shape index (κ1) is 30.6. The second-order valence-electron chi connectivity index (χ2n) is 12.5. The lowest BCUT2D eigenvalue weighted by atomic mass is 9.50. The van der Waals surface area contributed by atoms with Crippen LogP contribution in [0.15, 0.2) is 53.3 Å². The van der Waals surface area contributed by atoms with Gasteiger partial charge in [-0.15, -0.1) is 0 Å². The number of carbonyl (C=O) groups excluding carboxylic acids is 4. The van der Waals surface area contributed by atoms with Gasteiger partial charge in [-0.2, -0.15) is 5.26 Å². The van der Waals surface area contributed by atoms with Crippen molar-refractivity contribution < 1.29 is 38.5 Å². The summed E-state index contributed by atoms with van der Waals surface area (Å²) in [6, 6.07) is 11.6. The van der Waals surface area contributed by atoms with Crippen molar-refractivity contribution in [1.29, 1.82) is 5.26 Å². The number of ether oxygens (including phenoxy) is 3. The highest BCUT2D eigenvalue weighted by molar-refractivity contribution is 6.47. The first-order chi connectivity index (χ1) is 20.5. The van der Waals surface area contributed by atoms with Crippen LogP contribution in [0.1, 0.15) is 52.0 Å². The highest BCUT2D eigenvalue weighted by atomic mass is 16.6. The molecule has 1 aliphatic heterocycles. The SMILES string of the molecule is COC[C@H]1OC(=O)/C(=C/N(CCC#N)Cc2ccccc2)C2C(=O)C(=O)C3=C([C@H](OC(C)=O)C[C@@]4(C)C3CC[C@@H]4O)[C@]21C. The maximum absolute atomic E-state index is 14.3. The first-order valence-electron chi connectivity index (χ1n) is 14.7. The first-order valence-corrected chi connectivity index (χ1v) is 14.7. The Labute approximate surface area is 251 Å². The minimum Gasteiger partial charge on any atom is -0.458 e. The van der Waals surface area contributed by atoms with Gasteiger partial charge in [0.05, 0.1) is 36.7 Å². The fourth-order valence-corrected chi connectivity index (χ4v) is 7.89. The molecule has 10 nitrogen and oxygen atoms in total. The summed E-state index contributed by atoms with van der Waals surface area (Å²) in [5, 5.41) is 20.3. The lowest BCUT2D eigenvalue weighted by molar-refractivity contribution is -0.175. The quantitative estimate of drug-likeness (QED) is 0.273. The fraction of sp³-hybridized carbons (Fsp3) is 0.545. The molecule has 2 fully saturated rings. The van der Waals surface area contributed by atoms with Crippen molar-refractivity contribution in [3.63, 3.8) is 0 Å². The molecule has 5 rings (SSSR count). The molecule has 0 aromatic heterocycles. The average molecular weight is 591 g/mol. The van der Waals surface area contributed by atoms with Gasteiger partial charge in [0, 0.05) is 49.7 Å². The molecule has 10 heteroatoms. The van der Waals surface area contributed by atoms with Crippen LogP contribution < -0.4 is 0 Å². The van der Waals surface area contributed by atoms with E-state index in [2.05, 4.69) is 6.07 Å². The molecule has 43 heavy (non-hydrogen) atoms. The van der Waals surface area contributed by atoms with Crippen LogP contribution in [0.4, 0.5) is 0 Å². The number of fused-ring (bicyclic) bond motifs is 4. The molecule has 1 aromatic carbocycles. The lowest BCUT2D eigenvalue weighted by Crippen LogP contribution is -2.63. The van der Waals surface area contributed by atoms with E-state index in [1.807, 2.05) is 37.3 Å². The van der Waals surface area contributed by atoms with Gasteiger partial charge in [0.25, 0.3) is 0 Å². The third-order valence-electron chi connectivity index (χ3n) is 9.93. The Morgan fingerprint density at radius 3 is 2.58 bits per heavy atom. The van der Waals surface area contributed by atoms with E-state index in [4.69, 9.17) is 14.2 Å². The molecule has 1 saturated carbocycles. The van der Waals surface area contributed by atoms with Gasteiger partial charge in [-0.05, 0) is 36.3 Å². The number of aliphatic hydroxyl groups is 1. The zero-order valence-electron chi connectivity index (χ0n) is 25.0. The largest absolute Gasteiger partial charge is 0.458 e. The second kappa shape index (κ2) is 11.7. The Balaban J connectivity index is 1.70. The predicted octanol–water partition coefficient (Wildman–Crippen LogP) is 3.04. The van der Waals surface area contributed by atoms with Gasteiger partial charge >= 0.3 is 11.9 Å². The number of methoxy groups -OCH3 is 1. The Morgan fingerprint density at radius 1 is 1.21 bits per heavy atom. The van der Waals surface area contributed by atoms with Crippen molar-refractivity contribution >= 4 is 23.5 Å². The number of rotatable bonds is 8. The summed E-state index contributed by atoms with van der Waals surface area (Å²) in [5.41, 5.74) is -0.375. The number of hydrogen-bond donors (Lipinski definition) is 1. The van der Waals surface area contributed by atoms with Gasteiger partial charge < -0.3 is 24.2 Å². The minimum atomic E-state index is -1.28. The zero-order chi connectivity index (χ0) is 31.1. The molecule has 0 spiro atoms. The number of hydrogen-bond acceptors (Lipinski definition) is 10. The number of cyclic esters (lactones) is 1. The molecule has 2 unspecified atom stereocenters. The van der Waals surface area contributed by atoms with Crippen molar-refractivity contribution in [2.45, 2.75) is 71.3 Å². The molecule has 1 heterocycles. The monoisotopic (exact) mass is 590 g/mol. The lowest BCUT2D eigenvalue weighted by Gasteiger charge is -2.56. The summed E-state index contributed by atoms with van der Waals surface area (Å²) in [4.78, 5) is 56.3. The number of allylic oxidation sites excluding steroid dienone is 1. The van der Waals surface area contributed by atoms with Gasteiger partial charge in [-0.3, -0.25) is 14.4 Å². The molecule has 1 saturated heterocycles. The molecule has 1 N–H and O–H groups in total. The third kappa shape index (κ3) is 5.08. The highest BCUT2D eigenvalue weighted by Gasteiger charge is 2.67. The van der Waals surface area contributed by atoms with E-state index in [-0.39, 0.29) is 37.1 Å². The number of nitriles is 1. The maximum atomic E-state index is 14.3. The van der Waals surface area contributed by atoms with Gasteiger partial charge in [0.15, 0.2) is 0 Å². The van der Waals surface area contributed by atoms with Crippen LogP contribution in [-0.4, -0.2) is 72.1 Å². The van der Waals surface area contributed by atoms with Crippen molar-refractivity contribution in [3.8, 4) is 6.07 Å². The Bertz CT molecular complexity index is 1430. The standard InChI is InChI=1S/C33H38N2O8/c1-19(36)42-23-15-32(2)22(11-12-24(32)37)26-28(23)33(3)25(18-41-4)43-31(40)21(27(33)30(39)29(26)38)17-35(14-8-13-34)16-20-9-6-5-7-10-20/h5-7,9-10,17,22-25,27,37H,8,11-12,14-16,18H2,1-4H3/b21-17+/t22?,23-,24+,25-,27?,32+,33+/m1/s1. The molecule has 1 aromatic rings. The maximum Gasteiger partial charge on any atom is 0.336 e. The van der Waals surface area contributed by atoms with Crippen molar-refractivity contribution in [1.82, 2.24) is 4.90 Å². The van der Waals surface area contributed by atoms with E-state index in [0.29, 0.717) is 25.0 Å². The van der Waals surface area contributed by atoms with Gasteiger partial charge in [0.1, 0.15) is 12.2 Å². The molecule has 0 bridgehead atoms. The summed E-state index contributed by atoms with van der Waals surface area (Å²) in [7, 11) is 1.46. The van der Waals surface area contributed by atoms with E-state index in [1.165, 1.54) is 14.0 Å². The summed E-state index contributed by atoms with van der Waals surface area (Å²) >= 11 is 0. The fourth-order valence-electron chi connectivity index (χ4n) is 7.89. The van der Waals surface area contributed by atoms with E-state index in [1.54, 1.807) is 18.0 Å². The van der Waals surface area contributed by atoms with Crippen LogP contribution in [0.5, 0.6) is 0 Å². The number of Topliss-reactive ketones (excluding diaryl/α,β-unsaturated/α-hetero) is 2. The Kier molecular flexibility index (Phi) is 8.34. The topological polar surface area (TPSA) is 143 Å². The molecule has 228 valence electrons. The zero-order valence-corrected chi connectivity index (χ0v) is 25.0. The number of carbonyl (C=O) groups is 4. The highest BCUT2D eigenvalue weighted by Crippen LogP contribution is 2.63. The van der Waals surface area contributed by atoms with Crippen LogP contribution in [-0.2, 0) is 39.9 Å². The van der Waals surface area contributed by atoms with E-state index < -0.39 is 64.5 Å². The summed E-state index contributed by atoms with van der Waals surface area (Å²) in [6.45, 7) is 5.51. The molecular weight excluding hydrogens is 552 g/mol. The number of nitrogens with zero attached hydrogens (tertiary/aromatic N) is 2. The smallest absolute Gasteiger partial charge is 0.336 e. The van der Waals surface area contributed by atoms with Gasteiger partial charge in [-0.25, -0.2) is 4.79 Å². The summed E-state index contributed by atoms with van der Waals surface area (Å²) in [5.74, 6) is -4.41. The average Bonchev–Trinajstić information content (AvgIpc) is 3.26. The number of benzene rings is 1. The van der Waals surface area contributed by atoms with Crippen LogP contribution >= 0.6 is 0 Å². The molecule has 7 atom stereocenters. The van der Waals surface area contributed by atoms with E-state index >= 15 is 0 Å². The third-order valence-corrected chi connectivity index (χ3v) is 9.93. The van der Waals surface area contributed by atoms with Crippen molar-refractivity contribution in [2.24, 2.45) is 22.7 Å². The van der Waals surface area contributed by atoms with Gasteiger partial charge in [0.2, 0.25) is 11.6 Å². The normalized spacial score (nSPS) is 34.2. The molecule has 4 aliphatic rings. The Morgan fingerprint density at radius 2 is 1.93 bits per heavy atom. The van der Waals surface area contributed by atoms with Crippen molar-refractivity contribution in [2.75, 3.05) is 20.3 Å². The van der Waals surface area contributed by atoms with E-state index in [0.717, 1.165) is 5.56 Å². The minimum absolute atomic E-state index is 0.00925. The molecule has 0 amide bonds. The molecule has 0 radical (unpaired) electrons. The van der Waals surface area contributed by atoms with Crippen LogP contribution in [0.25, 0.3) is 0 Å². The number of esters is 2. The molecule has 3 aliphatic carbocycles. The van der Waals surface area contributed by atoms with Crippen molar-refractivity contribution in [3.05, 3.63) is 58.8 Å². The van der Waals surface area contributed by atoms with Crippen LogP contribution in [0.2, 0.25) is 0 Å². The van der Waals surface area contributed by atoms with Crippen LogP contribution in [0, 0.1) is 34.0 Å². The number of ketones is 2. The summed E-state index contributed by atoms with van der Waals surface area (Å²) < 4.78 is 17.3. The number of aliphatic hydroxyl groups excluding tert-OH is 1. The summed E-state index contributed by atoms with van der Waals surface area (Å²) in [6.07, 6.45) is 0.310. The Hall–Kier alpha value is -3.81. The van der Waals surface area contributed by atoms with Crippen LogP contribution in [0.3, 0.4) is 0 Å². The van der Waals surface area contributed by atoms with E-state index in [9.17, 15) is 29.5 Å². The van der Waals surface area contributed by atoms with Gasteiger partial charge in [-0.1, -0.05) is 44.2 Å². The second-order valence-corrected chi connectivity index (χ2v) is 12.5.